The number of hydrogen-bond acceptors (Lipinski definition) is 5. The predicted octanol–water partition coefficient (Wildman–Crippen LogP) is 0.130. The second-order valence-electron chi connectivity index (χ2n) is 8.84. The third-order valence-electron chi connectivity index (χ3n) is 6.61. The second kappa shape index (κ2) is 8.78. The smallest absolute Gasteiger partial charge is 0.326 e. The quantitative estimate of drug-likeness (QED) is 0.606. The number of fused-ring (bicyclic) bond motifs is 1. The van der Waals surface area contributed by atoms with E-state index in [2.05, 4.69) is 15.6 Å². The van der Waals surface area contributed by atoms with E-state index in [-0.39, 0.29) is 41.4 Å². The highest BCUT2D eigenvalue weighted by molar-refractivity contribution is 5.98. The van der Waals surface area contributed by atoms with Crippen LogP contribution in [0.3, 0.4) is 0 Å². The lowest BCUT2D eigenvalue weighted by Gasteiger charge is -2.33. The highest BCUT2D eigenvalue weighted by Gasteiger charge is 2.46. The number of nitrogens with one attached hydrogen (secondary N) is 3. The van der Waals surface area contributed by atoms with Gasteiger partial charge in [-0.3, -0.25) is 19.0 Å². The van der Waals surface area contributed by atoms with Crippen molar-refractivity contribution in [3.8, 4) is 0 Å². The molecule has 2 fully saturated rings. The molecule has 2 aliphatic rings. The molecule has 2 aromatic rings. The van der Waals surface area contributed by atoms with E-state index in [9.17, 15) is 19.2 Å². The zero-order valence-electron chi connectivity index (χ0n) is 18.4. The van der Waals surface area contributed by atoms with Gasteiger partial charge < -0.3 is 25.3 Å². The fourth-order valence-electron chi connectivity index (χ4n) is 4.77. The van der Waals surface area contributed by atoms with Crippen LogP contribution in [0, 0.1) is 5.41 Å². The molecule has 0 bridgehead atoms. The molecule has 32 heavy (non-hydrogen) atoms. The molecule has 3 amide bonds. The third kappa shape index (κ3) is 4.40. The Morgan fingerprint density at radius 2 is 1.97 bits per heavy atom. The summed E-state index contributed by atoms with van der Waals surface area (Å²) in [7, 11) is 1.66. The minimum Gasteiger partial charge on any atom is -0.381 e. The number of imidazole rings is 1. The molecule has 10 nitrogen and oxygen atoms in total. The standard InChI is InChI=1S/C22H29N5O5/c1-14(28)23-12-19(29)24-11-16-10-22(5-7-32-8-6-22)13-27(16)20(30)15-3-4-17-18(9-15)26(2)21(31)25-17/h3-4,9,16H,5-8,10-13H2,1-2H3,(H,23,28)(H,24,29)(H,25,31). The molecule has 2 saturated heterocycles. The number of likely N-dealkylation sites (tertiary alicyclic amines) is 1. The van der Waals surface area contributed by atoms with E-state index in [4.69, 9.17) is 4.74 Å². The van der Waals surface area contributed by atoms with Gasteiger partial charge in [0.2, 0.25) is 11.8 Å². The summed E-state index contributed by atoms with van der Waals surface area (Å²) >= 11 is 0. The number of ether oxygens (including phenoxy) is 1. The van der Waals surface area contributed by atoms with Gasteiger partial charge in [0.1, 0.15) is 0 Å². The highest BCUT2D eigenvalue weighted by atomic mass is 16.5. The van der Waals surface area contributed by atoms with Gasteiger partial charge in [-0.05, 0) is 42.9 Å². The summed E-state index contributed by atoms with van der Waals surface area (Å²) in [5, 5.41) is 5.33. The van der Waals surface area contributed by atoms with Crippen molar-refractivity contribution in [2.45, 2.75) is 32.2 Å². The zero-order chi connectivity index (χ0) is 22.9. The molecule has 3 N–H and O–H groups in total. The monoisotopic (exact) mass is 443 g/mol. The molecule has 0 radical (unpaired) electrons. The van der Waals surface area contributed by atoms with E-state index in [1.807, 2.05) is 4.90 Å². The van der Waals surface area contributed by atoms with E-state index < -0.39 is 0 Å². The van der Waals surface area contributed by atoms with Crippen molar-refractivity contribution in [2.75, 3.05) is 32.8 Å². The minimum absolute atomic E-state index is 0.0218. The first kappa shape index (κ1) is 22.1. The molecule has 0 aliphatic carbocycles. The Labute approximate surface area is 185 Å². The molecule has 1 atom stereocenters. The van der Waals surface area contributed by atoms with Crippen LogP contribution in [-0.4, -0.2) is 71.1 Å². The third-order valence-corrected chi connectivity index (χ3v) is 6.61. The Kier molecular flexibility index (Phi) is 6.05. The first-order chi connectivity index (χ1) is 15.3. The Bertz CT molecular complexity index is 1100. The molecular weight excluding hydrogens is 414 g/mol. The molecule has 2 aliphatic heterocycles. The van der Waals surface area contributed by atoms with E-state index in [0.29, 0.717) is 42.9 Å². The number of amides is 3. The number of hydrogen-bond donors (Lipinski definition) is 3. The maximum absolute atomic E-state index is 13.5. The SMILES string of the molecule is CC(=O)NCC(=O)NCC1CC2(CCOCC2)CN1C(=O)c1ccc2[nH]c(=O)n(C)c2c1. The van der Waals surface area contributed by atoms with Crippen LogP contribution in [0.1, 0.15) is 36.5 Å². The summed E-state index contributed by atoms with van der Waals surface area (Å²) in [6, 6.07) is 5.04. The van der Waals surface area contributed by atoms with Gasteiger partial charge in [-0.25, -0.2) is 4.79 Å². The topological polar surface area (TPSA) is 126 Å². The van der Waals surface area contributed by atoms with Gasteiger partial charge in [-0.1, -0.05) is 0 Å². The van der Waals surface area contributed by atoms with Gasteiger partial charge in [0.15, 0.2) is 0 Å². The van der Waals surface area contributed by atoms with Crippen molar-refractivity contribution < 1.29 is 19.1 Å². The minimum atomic E-state index is -0.288. The molecule has 1 aromatic carbocycles. The lowest BCUT2D eigenvalue weighted by molar-refractivity contribution is -0.125. The molecule has 3 heterocycles. The number of nitrogens with zero attached hydrogens (tertiary/aromatic N) is 2. The highest BCUT2D eigenvalue weighted by Crippen LogP contribution is 2.43. The lowest BCUT2D eigenvalue weighted by Crippen LogP contribution is -2.45. The van der Waals surface area contributed by atoms with Gasteiger partial charge in [0.25, 0.3) is 5.91 Å². The molecule has 0 saturated carbocycles. The molecule has 172 valence electrons. The Morgan fingerprint density at radius 3 is 2.69 bits per heavy atom. The summed E-state index contributed by atoms with van der Waals surface area (Å²) in [6.45, 7) is 3.52. The number of rotatable bonds is 5. The van der Waals surface area contributed by atoms with Crippen LogP contribution in [0.25, 0.3) is 11.0 Å². The molecule has 1 aromatic heterocycles. The van der Waals surface area contributed by atoms with E-state index >= 15 is 0 Å². The Balaban J connectivity index is 1.54. The normalized spacial score (nSPS) is 19.9. The van der Waals surface area contributed by atoms with Crippen LogP contribution < -0.4 is 16.3 Å². The average molecular weight is 444 g/mol. The molecule has 10 heteroatoms. The van der Waals surface area contributed by atoms with Gasteiger partial charge in [0.05, 0.1) is 17.6 Å². The maximum Gasteiger partial charge on any atom is 0.326 e. The van der Waals surface area contributed by atoms with Crippen molar-refractivity contribution in [1.82, 2.24) is 25.1 Å². The van der Waals surface area contributed by atoms with Crippen LogP contribution in [0.4, 0.5) is 0 Å². The molecule has 1 spiro atoms. The first-order valence-electron chi connectivity index (χ1n) is 10.9. The zero-order valence-corrected chi connectivity index (χ0v) is 18.4. The van der Waals surface area contributed by atoms with Crippen molar-refractivity contribution in [3.63, 3.8) is 0 Å². The Hall–Kier alpha value is -3.14. The van der Waals surface area contributed by atoms with Crippen LogP contribution in [0.5, 0.6) is 0 Å². The van der Waals surface area contributed by atoms with Crippen molar-refractivity contribution in [3.05, 3.63) is 34.2 Å². The predicted molar refractivity (Wildman–Crippen MR) is 117 cm³/mol. The fraction of sp³-hybridized carbons (Fsp3) is 0.545. The van der Waals surface area contributed by atoms with E-state index in [0.717, 1.165) is 19.3 Å². The van der Waals surface area contributed by atoms with Crippen LogP contribution >= 0.6 is 0 Å². The second-order valence-corrected chi connectivity index (χ2v) is 8.84. The number of carbonyl (C=O) groups excluding carboxylic acids is 3. The van der Waals surface area contributed by atoms with E-state index in [1.165, 1.54) is 11.5 Å². The summed E-state index contributed by atoms with van der Waals surface area (Å²) in [5.41, 5.74) is 1.60. The number of aromatic amines is 1. The average Bonchev–Trinajstić information content (AvgIpc) is 3.27. The van der Waals surface area contributed by atoms with Crippen LogP contribution in [0.2, 0.25) is 0 Å². The van der Waals surface area contributed by atoms with Gasteiger partial charge >= 0.3 is 5.69 Å². The number of benzene rings is 1. The van der Waals surface area contributed by atoms with Gasteiger partial charge in [-0.2, -0.15) is 0 Å². The lowest BCUT2D eigenvalue weighted by atomic mass is 9.78. The Morgan fingerprint density at radius 1 is 1.22 bits per heavy atom. The van der Waals surface area contributed by atoms with Crippen LogP contribution in [-0.2, 0) is 21.4 Å². The van der Waals surface area contributed by atoms with E-state index in [1.54, 1.807) is 25.2 Å². The molecule has 4 rings (SSSR count). The number of carbonyl (C=O) groups is 3. The number of H-pyrrole nitrogens is 1. The van der Waals surface area contributed by atoms with Crippen molar-refractivity contribution in [1.29, 1.82) is 0 Å². The summed E-state index contributed by atoms with van der Waals surface area (Å²) in [4.78, 5) is 53.2. The van der Waals surface area contributed by atoms with Crippen molar-refractivity contribution in [2.24, 2.45) is 12.5 Å². The largest absolute Gasteiger partial charge is 0.381 e. The van der Waals surface area contributed by atoms with Crippen LogP contribution in [0.15, 0.2) is 23.0 Å². The van der Waals surface area contributed by atoms with Crippen molar-refractivity contribution >= 4 is 28.8 Å². The first-order valence-corrected chi connectivity index (χ1v) is 10.9. The number of aryl methyl sites for hydroxylation is 1. The summed E-state index contributed by atoms with van der Waals surface area (Å²) in [6.07, 6.45) is 2.53. The van der Waals surface area contributed by atoms with Gasteiger partial charge in [-0.15, -0.1) is 0 Å². The molecule has 1 unspecified atom stereocenters. The molecular formula is C22H29N5O5. The van der Waals surface area contributed by atoms with Gasteiger partial charge in [0, 0.05) is 51.9 Å². The number of aromatic nitrogens is 2. The fourth-order valence-corrected chi connectivity index (χ4v) is 4.77. The summed E-state index contributed by atoms with van der Waals surface area (Å²) < 4.78 is 7.02. The maximum atomic E-state index is 13.5. The summed E-state index contributed by atoms with van der Waals surface area (Å²) in [5.74, 6) is -0.678.